The van der Waals surface area contributed by atoms with Crippen LogP contribution in [0.1, 0.15) is 19.4 Å². The van der Waals surface area contributed by atoms with Gasteiger partial charge in [0.25, 0.3) is 0 Å². The van der Waals surface area contributed by atoms with Crippen molar-refractivity contribution >= 4 is 0 Å². The lowest BCUT2D eigenvalue weighted by molar-refractivity contribution is 0.405. The van der Waals surface area contributed by atoms with Gasteiger partial charge in [-0.15, -0.1) is 0 Å². The Bertz CT molecular complexity index is 297. The third-order valence-corrected chi connectivity index (χ3v) is 1.99. The highest BCUT2D eigenvalue weighted by atomic mass is 16.5. The van der Waals surface area contributed by atoms with Crippen molar-refractivity contribution in [2.24, 2.45) is 0 Å². The van der Waals surface area contributed by atoms with Crippen LogP contribution in [0.4, 0.5) is 0 Å². The van der Waals surface area contributed by atoms with Crippen molar-refractivity contribution in [2.75, 3.05) is 7.11 Å². The second-order valence-corrected chi connectivity index (χ2v) is 3.53. The standard InChI is InChI=1S/C11H17NO2/c1-8(2)12-7-9-4-5-10(14-3)6-11(9)13/h4-6,8,12-13H,7H2,1-3H3. The van der Waals surface area contributed by atoms with E-state index in [1.165, 1.54) is 0 Å². The van der Waals surface area contributed by atoms with E-state index in [0.717, 1.165) is 5.56 Å². The SMILES string of the molecule is COc1ccc(CNC(C)C)c(O)c1. The molecule has 0 saturated carbocycles. The molecule has 0 aromatic heterocycles. The second kappa shape index (κ2) is 4.86. The Morgan fingerprint density at radius 2 is 2.14 bits per heavy atom. The van der Waals surface area contributed by atoms with Crippen LogP contribution in [-0.4, -0.2) is 18.3 Å². The minimum absolute atomic E-state index is 0.275. The van der Waals surface area contributed by atoms with Gasteiger partial charge in [0.15, 0.2) is 0 Å². The predicted molar refractivity (Wildman–Crippen MR) is 56.6 cm³/mol. The first kappa shape index (κ1) is 10.9. The zero-order valence-electron chi connectivity index (χ0n) is 8.87. The van der Waals surface area contributed by atoms with Crippen molar-refractivity contribution in [1.82, 2.24) is 5.32 Å². The summed E-state index contributed by atoms with van der Waals surface area (Å²) in [6.45, 7) is 4.81. The van der Waals surface area contributed by atoms with Gasteiger partial charge in [-0.05, 0) is 6.07 Å². The summed E-state index contributed by atoms with van der Waals surface area (Å²) in [5.41, 5.74) is 0.888. The van der Waals surface area contributed by atoms with E-state index in [-0.39, 0.29) is 5.75 Å². The van der Waals surface area contributed by atoms with Crippen LogP contribution in [0.15, 0.2) is 18.2 Å². The second-order valence-electron chi connectivity index (χ2n) is 3.53. The Morgan fingerprint density at radius 3 is 2.64 bits per heavy atom. The van der Waals surface area contributed by atoms with Crippen LogP contribution in [0, 0.1) is 0 Å². The average Bonchev–Trinajstić information content (AvgIpc) is 2.15. The molecule has 0 aliphatic carbocycles. The zero-order valence-corrected chi connectivity index (χ0v) is 8.87. The lowest BCUT2D eigenvalue weighted by Gasteiger charge is -2.10. The molecule has 0 unspecified atom stereocenters. The Balaban J connectivity index is 2.69. The van der Waals surface area contributed by atoms with Gasteiger partial charge < -0.3 is 15.2 Å². The highest BCUT2D eigenvalue weighted by Crippen LogP contribution is 2.23. The van der Waals surface area contributed by atoms with E-state index in [1.807, 2.05) is 12.1 Å². The quantitative estimate of drug-likeness (QED) is 0.771. The number of hydrogen-bond donors (Lipinski definition) is 2. The van der Waals surface area contributed by atoms with Gasteiger partial charge in [-0.25, -0.2) is 0 Å². The number of rotatable bonds is 4. The van der Waals surface area contributed by atoms with E-state index >= 15 is 0 Å². The summed E-state index contributed by atoms with van der Waals surface area (Å²) in [7, 11) is 1.58. The summed E-state index contributed by atoms with van der Waals surface area (Å²) < 4.78 is 5.00. The number of aromatic hydroxyl groups is 1. The van der Waals surface area contributed by atoms with Crippen LogP contribution in [0.3, 0.4) is 0 Å². The molecule has 1 aromatic rings. The highest BCUT2D eigenvalue weighted by molar-refractivity contribution is 5.39. The molecule has 0 heterocycles. The van der Waals surface area contributed by atoms with Gasteiger partial charge in [0.1, 0.15) is 11.5 Å². The molecule has 0 atom stereocenters. The Morgan fingerprint density at radius 1 is 1.43 bits per heavy atom. The number of hydrogen-bond acceptors (Lipinski definition) is 3. The fourth-order valence-electron chi connectivity index (χ4n) is 1.13. The maximum Gasteiger partial charge on any atom is 0.123 e. The van der Waals surface area contributed by atoms with E-state index in [4.69, 9.17) is 4.74 Å². The number of ether oxygens (including phenoxy) is 1. The fraction of sp³-hybridized carbons (Fsp3) is 0.455. The third kappa shape index (κ3) is 2.92. The van der Waals surface area contributed by atoms with Gasteiger partial charge >= 0.3 is 0 Å². The van der Waals surface area contributed by atoms with Crippen LogP contribution < -0.4 is 10.1 Å². The molecule has 1 aromatic carbocycles. The van der Waals surface area contributed by atoms with E-state index in [0.29, 0.717) is 18.3 Å². The number of phenolic OH excluding ortho intramolecular Hbond substituents is 1. The predicted octanol–water partition coefficient (Wildman–Crippen LogP) is 1.90. The summed E-state index contributed by atoms with van der Waals surface area (Å²) in [6.07, 6.45) is 0. The lowest BCUT2D eigenvalue weighted by Crippen LogP contribution is -2.21. The normalized spacial score (nSPS) is 10.6. The molecule has 0 amide bonds. The minimum Gasteiger partial charge on any atom is -0.507 e. The average molecular weight is 195 g/mol. The third-order valence-electron chi connectivity index (χ3n) is 1.99. The molecule has 3 heteroatoms. The number of phenols is 1. The van der Waals surface area contributed by atoms with Crippen molar-refractivity contribution in [3.63, 3.8) is 0 Å². The number of benzene rings is 1. The molecule has 1 rings (SSSR count). The van der Waals surface area contributed by atoms with Crippen LogP contribution in [0.2, 0.25) is 0 Å². The molecular formula is C11H17NO2. The van der Waals surface area contributed by atoms with Gasteiger partial charge in [0, 0.05) is 24.2 Å². The maximum absolute atomic E-state index is 9.62. The summed E-state index contributed by atoms with van der Waals surface area (Å²) >= 11 is 0. The number of nitrogens with one attached hydrogen (secondary N) is 1. The Kier molecular flexibility index (Phi) is 3.77. The van der Waals surface area contributed by atoms with Crippen LogP contribution in [0.25, 0.3) is 0 Å². The molecular weight excluding hydrogens is 178 g/mol. The van der Waals surface area contributed by atoms with Crippen molar-refractivity contribution < 1.29 is 9.84 Å². The van der Waals surface area contributed by atoms with E-state index in [1.54, 1.807) is 13.2 Å². The first-order valence-electron chi connectivity index (χ1n) is 4.72. The molecule has 78 valence electrons. The van der Waals surface area contributed by atoms with Crippen LogP contribution in [-0.2, 0) is 6.54 Å². The van der Waals surface area contributed by atoms with Crippen molar-refractivity contribution in [2.45, 2.75) is 26.4 Å². The van der Waals surface area contributed by atoms with E-state index in [2.05, 4.69) is 19.2 Å². The first-order valence-corrected chi connectivity index (χ1v) is 4.72. The lowest BCUT2D eigenvalue weighted by atomic mass is 10.2. The molecule has 0 aliphatic rings. The molecule has 2 N–H and O–H groups in total. The van der Waals surface area contributed by atoms with Crippen molar-refractivity contribution in [3.05, 3.63) is 23.8 Å². The van der Waals surface area contributed by atoms with Gasteiger partial charge in [-0.3, -0.25) is 0 Å². The monoisotopic (exact) mass is 195 g/mol. The van der Waals surface area contributed by atoms with Gasteiger partial charge in [0.2, 0.25) is 0 Å². The van der Waals surface area contributed by atoms with E-state index in [9.17, 15) is 5.11 Å². The van der Waals surface area contributed by atoms with Crippen LogP contribution in [0.5, 0.6) is 11.5 Å². The number of methoxy groups -OCH3 is 1. The van der Waals surface area contributed by atoms with Crippen molar-refractivity contribution in [3.8, 4) is 11.5 Å². The molecule has 3 nitrogen and oxygen atoms in total. The van der Waals surface area contributed by atoms with Gasteiger partial charge in [0.05, 0.1) is 7.11 Å². The summed E-state index contributed by atoms with van der Waals surface area (Å²) in [6, 6.07) is 5.74. The molecule has 0 fully saturated rings. The molecule has 0 bridgehead atoms. The summed E-state index contributed by atoms with van der Waals surface area (Å²) in [4.78, 5) is 0. The van der Waals surface area contributed by atoms with Gasteiger partial charge in [-0.1, -0.05) is 19.9 Å². The highest BCUT2D eigenvalue weighted by Gasteiger charge is 2.03. The van der Waals surface area contributed by atoms with E-state index < -0.39 is 0 Å². The minimum atomic E-state index is 0.275. The first-order chi connectivity index (χ1) is 6.63. The van der Waals surface area contributed by atoms with Gasteiger partial charge in [-0.2, -0.15) is 0 Å². The molecule has 0 radical (unpaired) electrons. The Labute approximate surface area is 84.7 Å². The topological polar surface area (TPSA) is 41.5 Å². The fourth-order valence-corrected chi connectivity index (χ4v) is 1.13. The smallest absolute Gasteiger partial charge is 0.123 e. The maximum atomic E-state index is 9.62. The van der Waals surface area contributed by atoms with Crippen LogP contribution >= 0.6 is 0 Å². The zero-order chi connectivity index (χ0) is 10.6. The Hall–Kier alpha value is -1.22. The van der Waals surface area contributed by atoms with Crippen molar-refractivity contribution in [1.29, 1.82) is 0 Å². The molecule has 0 spiro atoms. The molecule has 14 heavy (non-hydrogen) atoms. The summed E-state index contributed by atoms with van der Waals surface area (Å²) in [5.74, 6) is 0.952. The largest absolute Gasteiger partial charge is 0.507 e. The summed E-state index contributed by atoms with van der Waals surface area (Å²) in [5, 5.41) is 12.9. The molecule has 0 aliphatic heterocycles. The molecule has 0 saturated heterocycles.